The summed E-state index contributed by atoms with van der Waals surface area (Å²) in [6.07, 6.45) is -0.544. The minimum absolute atomic E-state index is 0.107. The Bertz CT molecular complexity index is 1630. The molecule has 14 heteroatoms. The van der Waals surface area contributed by atoms with Gasteiger partial charge in [-0.05, 0) is 54.0 Å². The van der Waals surface area contributed by atoms with Gasteiger partial charge in [0.1, 0.15) is 16.8 Å². The molecule has 1 saturated heterocycles. The summed E-state index contributed by atoms with van der Waals surface area (Å²) in [7, 11) is -2.51. The number of aromatic nitrogens is 1. The van der Waals surface area contributed by atoms with Crippen molar-refractivity contribution in [1.82, 2.24) is 24.8 Å². The normalized spacial score (nSPS) is 15.6. The number of carbonyl (C=O) groups is 2. The van der Waals surface area contributed by atoms with Gasteiger partial charge >= 0.3 is 6.03 Å². The number of ether oxygens (including phenoxy) is 1. The first kappa shape index (κ1) is 37.3. The number of methoxy groups -OCH3 is 1. The maximum atomic E-state index is 13.9. The molecule has 0 spiro atoms. The number of carbonyl (C=O) groups excluding carboxylic acids is 2. The highest BCUT2D eigenvalue weighted by Gasteiger charge is 2.40. The Morgan fingerprint density at radius 2 is 1.81 bits per heavy atom. The molecular formula is C34H47N5O7S2. The molecule has 1 aliphatic heterocycles. The molecule has 2 aromatic carbocycles. The van der Waals surface area contributed by atoms with E-state index in [0.717, 1.165) is 5.56 Å². The predicted molar refractivity (Wildman–Crippen MR) is 184 cm³/mol. The third-order valence-corrected chi connectivity index (χ3v) is 10.6. The van der Waals surface area contributed by atoms with E-state index in [1.165, 1.54) is 29.4 Å². The van der Waals surface area contributed by atoms with Crippen molar-refractivity contribution < 1.29 is 33.0 Å². The number of benzene rings is 2. The van der Waals surface area contributed by atoms with E-state index in [2.05, 4.69) is 15.0 Å². The lowest BCUT2D eigenvalue weighted by Gasteiger charge is -2.33. The number of nitrogens with one attached hydrogen (secondary N) is 2. The van der Waals surface area contributed by atoms with Crippen LogP contribution in [0.25, 0.3) is 0 Å². The van der Waals surface area contributed by atoms with Gasteiger partial charge in [-0.1, -0.05) is 58.0 Å². The Morgan fingerprint density at radius 1 is 1.08 bits per heavy atom. The number of hydrogen-bond donors (Lipinski definition) is 4. The number of urea groups is 1. The molecule has 0 saturated carbocycles. The van der Waals surface area contributed by atoms with Gasteiger partial charge in [-0.3, -0.25) is 4.79 Å². The lowest BCUT2D eigenvalue weighted by molar-refractivity contribution is -0.128. The molecule has 4 N–H and O–H groups in total. The minimum Gasteiger partial charge on any atom is -0.497 e. The molecule has 1 aliphatic rings. The molecule has 262 valence electrons. The van der Waals surface area contributed by atoms with Crippen molar-refractivity contribution in [3.63, 3.8) is 0 Å². The Labute approximate surface area is 287 Å². The van der Waals surface area contributed by atoms with Gasteiger partial charge in [-0.25, -0.2) is 22.9 Å². The van der Waals surface area contributed by atoms with Crippen LogP contribution >= 0.6 is 11.3 Å². The fourth-order valence-corrected chi connectivity index (χ4v) is 7.80. The van der Waals surface area contributed by atoms with E-state index in [1.807, 2.05) is 58.0 Å². The van der Waals surface area contributed by atoms with Gasteiger partial charge in [-0.15, -0.1) is 11.3 Å². The summed E-state index contributed by atoms with van der Waals surface area (Å²) >= 11 is 1.32. The van der Waals surface area contributed by atoms with Crippen LogP contribution in [0.4, 0.5) is 4.79 Å². The number of amides is 3. The van der Waals surface area contributed by atoms with Crippen LogP contribution in [0.3, 0.4) is 0 Å². The number of aliphatic hydroxyl groups is 2. The summed E-state index contributed by atoms with van der Waals surface area (Å²) in [5.41, 5.74) is 2.12. The summed E-state index contributed by atoms with van der Waals surface area (Å²) < 4.78 is 34.9. The zero-order chi connectivity index (χ0) is 35.0. The molecule has 0 radical (unpaired) electrons. The van der Waals surface area contributed by atoms with Gasteiger partial charge in [0, 0.05) is 25.0 Å². The maximum absolute atomic E-state index is 13.9. The van der Waals surface area contributed by atoms with Crippen molar-refractivity contribution in [2.24, 2.45) is 11.8 Å². The number of nitrogens with zero attached hydrogens (tertiary/aromatic N) is 3. The van der Waals surface area contributed by atoms with E-state index in [9.17, 15) is 28.2 Å². The fourth-order valence-electron chi connectivity index (χ4n) is 5.88. The molecule has 2 heterocycles. The van der Waals surface area contributed by atoms with E-state index >= 15 is 0 Å². The van der Waals surface area contributed by atoms with Crippen LogP contribution in [0.5, 0.6) is 5.75 Å². The zero-order valence-corrected chi connectivity index (χ0v) is 29.8. The number of thiazole rings is 1. The van der Waals surface area contributed by atoms with Crippen molar-refractivity contribution in [3.8, 4) is 5.75 Å². The monoisotopic (exact) mass is 701 g/mol. The molecule has 3 atom stereocenters. The van der Waals surface area contributed by atoms with Crippen molar-refractivity contribution in [1.29, 1.82) is 0 Å². The number of aliphatic hydroxyl groups excluding tert-OH is 2. The van der Waals surface area contributed by atoms with Gasteiger partial charge in [0.25, 0.3) is 0 Å². The molecule has 3 amide bonds. The second-order valence-corrected chi connectivity index (χ2v) is 15.5. The average Bonchev–Trinajstić information content (AvgIpc) is 3.65. The lowest BCUT2D eigenvalue weighted by Crippen LogP contribution is -2.57. The quantitative estimate of drug-likeness (QED) is 0.167. The average molecular weight is 702 g/mol. The van der Waals surface area contributed by atoms with E-state index < -0.39 is 34.1 Å². The highest BCUT2D eigenvalue weighted by molar-refractivity contribution is 7.89. The van der Waals surface area contributed by atoms with Crippen LogP contribution < -0.4 is 14.8 Å². The van der Waals surface area contributed by atoms with Crippen molar-refractivity contribution in [2.75, 3.05) is 26.7 Å². The van der Waals surface area contributed by atoms with Crippen molar-refractivity contribution in [3.05, 3.63) is 75.7 Å². The third-order valence-electron chi connectivity index (χ3n) is 8.21. The van der Waals surface area contributed by atoms with E-state index in [4.69, 9.17) is 4.74 Å². The van der Waals surface area contributed by atoms with Crippen molar-refractivity contribution in [2.45, 2.75) is 76.8 Å². The van der Waals surface area contributed by atoms with Crippen LogP contribution in [0.2, 0.25) is 0 Å². The Kier molecular flexibility index (Phi) is 13.0. The third kappa shape index (κ3) is 9.53. The number of sulfonamides is 1. The lowest BCUT2D eigenvalue weighted by atomic mass is 9.98. The molecule has 12 nitrogen and oxygen atoms in total. The summed E-state index contributed by atoms with van der Waals surface area (Å²) in [4.78, 5) is 35.0. The maximum Gasteiger partial charge on any atom is 0.321 e. The fraction of sp³-hybridized carbons (Fsp3) is 0.500. The minimum atomic E-state index is -4.03. The van der Waals surface area contributed by atoms with Crippen LogP contribution in [0.15, 0.2) is 58.8 Å². The second kappa shape index (κ2) is 16.7. The first-order valence-corrected chi connectivity index (χ1v) is 18.5. The topological polar surface area (TPSA) is 161 Å². The van der Waals surface area contributed by atoms with Crippen LogP contribution in [-0.4, -0.2) is 90.3 Å². The molecule has 48 heavy (non-hydrogen) atoms. The highest BCUT2D eigenvalue weighted by atomic mass is 32.2. The standard InChI is InChI=1S/C34H47N5O7S2/c1-22(2)15-25-17-27(46-5)11-12-30(25)48(44,45)35-18-29(41)28(16-24-9-7-6-8-10-24)37-33(42)32(23(3)4)39-14-13-38(34(39)43)19-26-21-47-31(20-40)36-26/h6-12,17,21-23,28-29,32,35,40-41H,13-16,18-20H2,1-5H3,(H,37,42)/t28-,29+,32-/m0/s1. The van der Waals surface area contributed by atoms with Gasteiger partial charge in [0.15, 0.2) is 0 Å². The second-order valence-electron chi connectivity index (χ2n) is 12.8. The molecule has 4 rings (SSSR count). The van der Waals surface area contributed by atoms with Gasteiger partial charge < -0.3 is 30.1 Å². The molecule has 1 aromatic heterocycles. The zero-order valence-electron chi connectivity index (χ0n) is 28.1. The highest BCUT2D eigenvalue weighted by Crippen LogP contribution is 2.25. The molecule has 0 aliphatic carbocycles. The predicted octanol–water partition coefficient (Wildman–Crippen LogP) is 3.17. The van der Waals surface area contributed by atoms with Gasteiger partial charge in [-0.2, -0.15) is 0 Å². The molecule has 1 fully saturated rings. The largest absolute Gasteiger partial charge is 0.497 e. The molecular weight excluding hydrogens is 655 g/mol. The van der Waals surface area contributed by atoms with Crippen LogP contribution in [0.1, 0.15) is 49.5 Å². The Hall–Kier alpha value is -3.56. The first-order valence-electron chi connectivity index (χ1n) is 16.1. The molecule has 3 aromatic rings. The Morgan fingerprint density at radius 3 is 2.44 bits per heavy atom. The molecule has 0 bridgehead atoms. The van der Waals surface area contributed by atoms with Crippen LogP contribution in [0, 0.1) is 11.8 Å². The van der Waals surface area contributed by atoms with E-state index in [-0.39, 0.29) is 48.9 Å². The van der Waals surface area contributed by atoms with Crippen molar-refractivity contribution >= 4 is 33.3 Å². The number of hydrogen-bond acceptors (Lipinski definition) is 9. The Balaban J connectivity index is 1.50. The van der Waals surface area contributed by atoms with E-state index in [0.29, 0.717) is 41.5 Å². The number of rotatable bonds is 17. The van der Waals surface area contributed by atoms with Gasteiger partial charge in [0.2, 0.25) is 15.9 Å². The van der Waals surface area contributed by atoms with Gasteiger partial charge in [0.05, 0.1) is 43.0 Å². The first-order chi connectivity index (χ1) is 22.8. The van der Waals surface area contributed by atoms with E-state index in [1.54, 1.807) is 22.4 Å². The summed E-state index contributed by atoms with van der Waals surface area (Å²) in [6.45, 7) is 8.19. The summed E-state index contributed by atoms with van der Waals surface area (Å²) in [5, 5.41) is 26.1. The summed E-state index contributed by atoms with van der Waals surface area (Å²) in [5.74, 6) is 0.0517. The SMILES string of the molecule is COc1ccc(S(=O)(=O)NC[C@@H](O)[C@H](Cc2ccccc2)NC(=O)[C@H](C(C)C)N2CCN(Cc3csc(CO)n3)C2=O)c(CC(C)C)c1. The smallest absolute Gasteiger partial charge is 0.321 e. The van der Waals surface area contributed by atoms with Crippen LogP contribution in [-0.2, 0) is 40.8 Å². The molecule has 0 unspecified atom stereocenters. The summed E-state index contributed by atoms with van der Waals surface area (Å²) in [6, 6.07) is 12.1.